The molecule has 0 atom stereocenters. The number of aliphatic hydroxyl groups is 1. The summed E-state index contributed by atoms with van der Waals surface area (Å²) in [6.45, 7) is -2.00. The first kappa shape index (κ1) is 13.2. The molecular formula is C7H12F3NO3. The van der Waals surface area contributed by atoms with Crippen molar-refractivity contribution >= 4 is 5.97 Å². The van der Waals surface area contributed by atoms with Crippen LogP contribution in [0.1, 0.15) is 6.42 Å². The first-order valence-corrected chi connectivity index (χ1v) is 3.97. The molecule has 4 nitrogen and oxygen atoms in total. The van der Waals surface area contributed by atoms with Gasteiger partial charge in [0.1, 0.15) is 0 Å². The summed E-state index contributed by atoms with van der Waals surface area (Å²) >= 11 is 0. The largest absolute Gasteiger partial charge is 0.481 e. The van der Waals surface area contributed by atoms with Crippen molar-refractivity contribution < 1.29 is 28.2 Å². The van der Waals surface area contributed by atoms with Crippen LogP contribution in [0.15, 0.2) is 0 Å². The fraction of sp³-hybridized carbons (Fsp3) is 0.857. The molecule has 0 saturated heterocycles. The van der Waals surface area contributed by atoms with E-state index in [-0.39, 0.29) is 19.5 Å². The van der Waals surface area contributed by atoms with E-state index in [0.717, 1.165) is 4.90 Å². The normalized spacial score (nSPS) is 12.1. The van der Waals surface area contributed by atoms with Crippen molar-refractivity contribution in [1.82, 2.24) is 4.90 Å². The Bertz CT molecular complexity index is 184. The van der Waals surface area contributed by atoms with E-state index in [1.165, 1.54) is 0 Å². The molecule has 0 aromatic carbocycles. The van der Waals surface area contributed by atoms with Gasteiger partial charge in [0.15, 0.2) is 0 Å². The summed E-state index contributed by atoms with van der Waals surface area (Å²) in [5.74, 6) is -1.16. The van der Waals surface area contributed by atoms with E-state index in [4.69, 9.17) is 10.2 Å². The minimum atomic E-state index is -4.37. The van der Waals surface area contributed by atoms with Gasteiger partial charge in [-0.25, -0.2) is 0 Å². The predicted octanol–water partition coefficient (Wildman–Crippen LogP) is 0.318. The van der Waals surface area contributed by atoms with E-state index in [1.54, 1.807) is 0 Å². The van der Waals surface area contributed by atoms with Gasteiger partial charge >= 0.3 is 12.1 Å². The number of carboxylic acids is 1. The van der Waals surface area contributed by atoms with Crippen LogP contribution in [0.5, 0.6) is 0 Å². The fourth-order valence-electron chi connectivity index (χ4n) is 0.919. The maximum Gasteiger partial charge on any atom is 0.401 e. The Morgan fingerprint density at radius 1 is 1.29 bits per heavy atom. The highest BCUT2D eigenvalue weighted by molar-refractivity contribution is 5.66. The quantitative estimate of drug-likeness (QED) is 0.669. The lowest BCUT2D eigenvalue weighted by Gasteiger charge is -2.21. The highest BCUT2D eigenvalue weighted by Gasteiger charge is 2.30. The minimum Gasteiger partial charge on any atom is -0.481 e. The molecule has 0 aromatic rings. The van der Waals surface area contributed by atoms with E-state index in [0.29, 0.717) is 0 Å². The smallest absolute Gasteiger partial charge is 0.401 e. The van der Waals surface area contributed by atoms with Gasteiger partial charge in [0, 0.05) is 13.1 Å². The molecule has 0 saturated carbocycles. The lowest BCUT2D eigenvalue weighted by Crippen LogP contribution is -2.37. The van der Waals surface area contributed by atoms with Gasteiger partial charge in [-0.15, -0.1) is 0 Å². The number of nitrogens with zero attached hydrogens (tertiary/aromatic N) is 1. The molecule has 0 heterocycles. The molecule has 0 radical (unpaired) electrons. The minimum absolute atomic E-state index is 0.174. The van der Waals surface area contributed by atoms with Gasteiger partial charge < -0.3 is 10.2 Å². The van der Waals surface area contributed by atoms with Gasteiger partial charge in [0.2, 0.25) is 0 Å². The summed E-state index contributed by atoms with van der Waals surface area (Å²) in [6, 6.07) is 0. The van der Waals surface area contributed by atoms with Crippen LogP contribution in [0.3, 0.4) is 0 Å². The fourth-order valence-corrected chi connectivity index (χ4v) is 0.919. The molecule has 0 unspecified atom stereocenters. The number of hydrogen-bond acceptors (Lipinski definition) is 3. The molecule has 0 aromatic heterocycles. The number of hydrogen-bond donors (Lipinski definition) is 2. The second-order valence-electron chi connectivity index (χ2n) is 2.76. The highest BCUT2D eigenvalue weighted by Crippen LogP contribution is 2.16. The van der Waals surface area contributed by atoms with Crippen LogP contribution < -0.4 is 0 Å². The maximum absolute atomic E-state index is 11.9. The van der Waals surface area contributed by atoms with Crippen LogP contribution >= 0.6 is 0 Å². The molecule has 0 rings (SSSR count). The zero-order valence-electron chi connectivity index (χ0n) is 7.42. The number of aliphatic hydroxyl groups excluding tert-OH is 1. The first-order valence-electron chi connectivity index (χ1n) is 3.97. The van der Waals surface area contributed by atoms with E-state index in [9.17, 15) is 18.0 Å². The number of rotatable bonds is 6. The van der Waals surface area contributed by atoms with Crippen LogP contribution in [-0.4, -0.2) is 53.5 Å². The lowest BCUT2D eigenvalue weighted by atomic mass is 10.3. The molecular weight excluding hydrogens is 203 g/mol. The third-order valence-electron chi connectivity index (χ3n) is 1.46. The van der Waals surface area contributed by atoms with Crippen molar-refractivity contribution in [2.24, 2.45) is 0 Å². The third kappa shape index (κ3) is 7.81. The summed E-state index contributed by atoms with van der Waals surface area (Å²) in [6.07, 6.45) is -4.73. The first-order chi connectivity index (χ1) is 6.35. The van der Waals surface area contributed by atoms with Crippen molar-refractivity contribution in [3.63, 3.8) is 0 Å². The molecule has 0 aliphatic heterocycles. The molecule has 14 heavy (non-hydrogen) atoms. The van der Waals surface area contributed by atoms with Gasteiger partial charge in [-0.2, -0.15) is 13.2 Å². The van der Waals surface area contributed by atoms with Crippen molar-refractivity contribution in [2.45, 2.75) is 12.6 Å². The number of carboxylic acid groups (broad SMARTS) is 1. The van der Waals surface area contributed by atoms with Crippen LogP contribution in [0, 0.1) is 0 Å². The van der Waals surface area contributed by atoms with Crippen LogP contribution in [0.2, 0.25) is 0 Å². The topological polar surface area (TPSA) is 60.8 Å². The van der Waals surface area contributed by atoms with Crippen LogP contribution in [0.4, 0.5) is 13.2 Å². The monoisotopic (exact) mass is 215 g/mol. The Hall–Kier alpha value is -0.820. The van der Waals surface area contributed by atoms with Crippen LogP contribution in [0.25, 0.3) is 0 Å². The summed E-state index contributed by atoms with van der Waals surface area (Å²) in [5.41, 5.74) is 0. The van der Waals surface area contributed by atoms with E-state index in [1.807, 2.05) is 0 Å². The predicted molar refractivity (Wildman–Crippen MR) is 41.8 cm³/mol. The zero-order chi connectivity index (χ0) is 11.2. The van der Waals surface area contributed by atoms with Crippen molar-refractivity contribution in [3.05, 3.63) is 0 Å². The summed E-state index contributed by atoms with van der Waals surface area (Å²) < 4.78 is 35.6. The van der Waals surface area contributed by atoms with Gasteiger partial charge in [-0.05, 0) is 0 Å². The lowest BCUT2D eigenvalue weighted by molar-refractivity contribution is -0.150. The van der Waals surface area contributed by atoms with Gasteiger partial charge in [0.05, 0.1) is 19.6 Å². The molecule has 0 fully saturated rings. The molecule has 2 N–H and O–H groups in total. The Balaban J connectivity index is 3.95. The Morgan fingerprint density at radius 2 is 1.86 bits per heavy atom. The highest BCUT2D eigenvalue weighted by atomic mass is 19.4. The van der Waals surface area contributed by atoms with Crippen molar-refractivity contribution in [3.8, 4) is 0 Å². The number of alkyl halides is 3. The summed E-state index contributed by atoms with van der Waals surface area (Å²) in [5, 5.41) is 16.7. The molecule has 0 aliphatic rings. The SMILES string of the molecule is O=C(O)CCN(CCO)CC(F)(F)F. The van der Waals surface area contributed by atoms with E-state index >= 15 is 0 Å². The summed E-state index contributed by atoms with van der Waals surface area (Å²) in [4.78, 5) is 11.0. The molecule has 84 valence electrons. The zero-order valence-corrected chi connectivity index (χ0v) is 7.42. The van der Waals surface area contributed by atoms with Gasteiger partial charge in [-0.3, -0.25) is 9.69 Å². The third-order valence-corrected chi connectivity index (χ3v) is 1.46. The second kappa shape index (κ2) is 5.82. The Morgan fingerprint density at radius 3 is 2.21 bits per heavy atom. The van der Waals surface area contributed by atoms with Gasteiger partial charge in [-0.1, -0.05) is 0 Å². The van der Waals surface area contributed by atoms with Crippen LogP contribution in [-0.2, 0) is 4.79 Å². The number of aliphatic carboxylic acids is 1. The van der Waals surface area contributed by atoms with E-state index in [2.05, 4.69) is 0 Å². The average molecular weight is 215 g/mol. The average Bonchev–Trinajstić information content (AvgIpc) is 1.98. The second-order valence-corrected chi connectivity index (χ2v) is 2.76. The van der Waals surface area contributed by atoms with E-state index < -0.39 is 25.3 Å². The molecule has 7 heteroatoms. The van der Waals surface area contributed by atoms with Crippen molar-refractivity contribution in [2.75, 3.05) is 26.2 Å². The maximum atomic E-state index is 11.9. The Labute approximate surface area is 78.9 Å². The molecule has 0 spiro atoms. The standard InChI is InChI=1S/C7H12F3NO3/c8-7(9,10)5-11(3-4-12)2-1-6(13)14/h12H,1-5H2,(H,13,14). The van der Waals surface area contributed by atoms with Crippen molar-refractivity contribution in [1.29, 1.82) is 0 Å². The molecule has 0 amide bonds. The number of halogens is 3. The molecule has 0 bridgehead atoms. The molecule has 0 aliphatic carbocycles. The number of carbonyl (C=O) groups is 1. The van der Waals surface area contributed by atoms with Gasteiger partial charge in [0.25, 0.3) is 0 Å². The Kier molecular flexibility index (Phi) is 5.47. The summed E-state index contributed by atoms with van der Waals surface area (Å²) in [7, 11) is 0.